The molecule has 0 aromatic heterocycles. The van der Waals surface area contributed by atoms with Crippen molar-refractivity contribution in [2.24, 2.45) is 11.7 Å². The Morgan fingerprint density at radius 2 is 2.00 bits per heavy atom. The van der Waals surface area contributed by atoms with Gasteiger partial charge in [-0.1, -0.05) is 24.3 Å². The molecule has 4 rings (SSSR count). The Balaban J connectivity index is 1.50. The number of hydrogen-bond donors (Lipinski definition) is 2. The van der Waals surface area contributed by atoms with E-state index in [1.54, 1.807) is 4.90 Å². The first-order valence-electron chi connectivity index (χ1n) is 9.61. The maximum absolute atomic E-state index is 12.7. The summed E-state index contributed by atoms with van der Waals surface area (Å²) in [6, 6.07) is 5.55. The highest BCUT2D eigenvalue weighted by molar-refractivity contribution is 6.05. The summed E-state index contributed by atoms with van der Waals surface area (Å²) in [6.07, 6.45) is 4.48. The molecule has 1 aromatic carbocycles. The molecule has 0 radical (unpaired) electrons. The van der Waals surface area contributed by atoms with Crippen LogP contribution in [0.2, 0.25) is 0 Å². The highest BCUT2D eigenvalue weighted by Crippen LogP contribution is 2.32. The number of piperidine rings is 1. The van der Waals surface area contributed by atoms with Crippen LogP contribution in [0, 0.1) is 5.92 Å². The molecule has 142 valence electrons. The fraction of sp³-hybridized carbons (Fsp3) is 0.476. The quantitative estimate of drug-likeness (QED) is 0.628. The lowest BCUT2D eigenvalue weighted by atomic mass is 9.79. The molecule has 0 bridgehead atoms. The van der Waals surface area contributed by atoms with Crippen LogP contribution in [0.3, 0.4) is 0 Å². The first-order chi connectivity index (χ1) is 12.9. The van der Waals surface area contributed by atoms with Crippen LogP contribution >= 0.6 is 0 Å². The van der Waals surface area contributed by atoms with Crippen molar-refractivity contribution >= 4 is 17.7 Å². The second kappa shape index (κ2) is 6.93. The second-order valence-electron chi connectivity index (χ2n) is 8.01. The maximum atomic E-state index is 12.7. The molecule has 1 aromatic rings. The van der Waals surface area contributed by atoms with Crippen LogP contribution in [0.25, 0.3) is 0 Å². The van der Waals surface area contributed by atoms with Crippen molar-refractivity contribution in [3.63, 3.8) is 0 Å². The van der Waals surface area contributed by atoms with E-state index in [0.29, 0.717) is 24.4 Å². The van der Waals surface area contributed by atoms with Crippen molar-refractivity contribution in [3.8, 4) is 0 Å². The highest BCUT2D eigenvalue weighted by atomic mass is 16.2. The minimum absolute atomic E-state index is 0.131. The van der Waals surface area contributed by atoms with E-state index in [0.717, 1.165) is 31.2 Å². The fourth-order valence-electron chi connectivity index (χ4n) is 4.51. The van der Waals surface area contributed by atoms with E-state index >= 15 is 0 Å². The van der Waals surface area contributed by atoms with Crippen LogP contribution in [0.15, 0.2) is 30.4 Å². The van der Waals surface area contributed by atoms with E-state index in [4.69, 9.17) is 5.73 Å². The minimum atomic E-state index is -0.568. The van der Waals surface area contributed by atoms with Crippen LogP contribution in [0.4, 0.5) is 0 Å². The first-order valence-corrected chi connectivity index (χ1v) is 9.61. The number of nitrogens with zero attached hydrogens (tertiary/aromatic N) is 1. The van der Waals surface area contributed by atoms with Gasteiger partial charge in [-0.25, -0.2) is 0 Å². The fourth-order valence-corrected chi connectivity index (χ4v) is 4.51. The Kier molecular flexibility index (Phi) is 4.60. The van der Waals surface area contributed by atoms with Gasteiger partial charge in [-0.3, -0.25) is 19.7 Å². The summed E-state index contributed by atoms with van der Waals surface area (Å²) in [5.41, 5.74) is 10.3. The largest absolute Gasteiger partial charge is 0.327 e. The Morgan fingerprint density at radius 3 is 2.78 bits per heavy atom. The predicted octanol–water partition coefficient (Wildman–Crippen LogP) is 1.67. The van der Waals surface area contributed by atoms with Crippen molar-refractivity contribution in [2.75, 3.05) is 0 Å². The number of fused-ring (bicyclic) bond motifs is 1. The van der Waals surface area contributed by atoms with Crippen molar-refractivity contribution in [1.82, 2.24) is 10.2 Å². The zero-order valence-electron chi connectivity index (χ0n) is 15.4. The SMILES string of the molecule is C=C1CC[C@H](N)[C@@H](Cc2ccc3c(c2)CN(C2CCC(=O)NC2=O)C3=O)C1. The van der Waals surface area contributed by atoms with Crippen molar-refractivity contribution in [1.29, 1.82) is 0 Å². The molecule has 3 atom stereocenters. The average Bonchev–Trinajstić information content (AvgIpc) is 2.94. The minimum Gasteiger partial charge on any atom is -0.327 e. The normalized spacial score (nSPS) is 28.3. The smallest absolute Gasteiger partial charge is 0.255 e. The molecule has 6 heteroatoms. The molecule has 3 N–H and O–H groups in total. The molecule has 6 nitrogen and oxygen atoms in total. The van der Waals surface area contributed by atoms with Gasteiger partial charge in [-0.05, 0) is 55.2 Å². The van der Waals surface area contributed by atoms with E-state index in [2.05, 4.69) is 18.0 Å². The van der Waals surface area contributed by atoms with Crippen LogP contribution in [-0.2, 0) is 22.6 Å². The number of hydrogen-bond acceptors (Lipinski definition) is 4. The van der Waals surface area contributed by atoms with Gasteiger partial charge in [-0.2, -0.15) is 0 Å². The summed E-state index contributed by atoms with van der Waals surface area (Å²) in [5.74, 6) is -0.395. The first kappa shape index (κ1) is 17.9. The van der Waals surface area contributed by atoms with Crippen LogP contribution in [0.5, 0.6) is 0 Å². The van der Waals surface area contributed by atoms with Gasteiger partial charge < -0.3 is 10.6 Å². The lowest BCUT2D eigenvalue weighted by molar-refractivity contribution is -0.136. The molecule has 3 aliphatic rings. The zero-order chi connectivity index (χ0) is 19.1. The van der Waals surface area contributed by atoms with E-state index < -0.39 is 6.04 Å². The molecule has 2 aliphatic heterocycles. The summed E-state index contributed by atoms with van der Waals surface area (Å²) in [6.45, 7) is 4.53. The number of rotatable bonds is 3. The van der Waals surface area contributed by atoms with Crippen LogP contribution in [-0.4, -0.2) is 34.7 Å². The Labute approximate surface area is 158 Å². The summed E-state index contributed by atoms with van der Waals surface area (Å²) in [7, 11) is 0. The topological polar surface area (TPSA) is 92.5 Å². The third kappa shape index (κ3) is 3.41. The summed E-state index contributed by atoms with van der Waals surface area (Å²) >= 11 is 0. The third-order valence-corrected chi connectivity index (χ3v) is 6.07. The van der Waals surface area contributed by atoms with Crippen molar-refractivity contribution in [2.45, 2.75) is 57.2 Å². The van der Waals surface area contributed by atoms with Gasteiger partial charge in [0, 0.05) is 24.6 Å². The van der Waals surface area contributed by atoms with Crippen LogP contribution in [0.1, 0.15) is 53.6 Å². The van der Waals surface area contributed by atoms with E-state index in [1.165, 1.54) is 11.1 Å². The standard InChI is InChI=1S/C21H25N3O3/c1-12-2-5-17(22)14(8-12)9-13-3-4-16-15(10-13)11-24(21(16)27)18-6-7-19(25)23-20(18)26/h3-4,10,14,17-18H,1-2,5-9,11,22H2,(H,23,25,26)/t14-,17+,18?/m1/s1. The molecule has 2 fully saturated rings. The molecule has 27 heavy (non-hydrogen) atoms. The van der Waals surface area contributed by atoms with Crippen molar-refractivity contribution in [3.05, 3.63) is 47.0 Å². The number of imide groups is 1. The summed E-state index contributed by atoms with van der Waals surface area (Å²) in [4.78, 5) is 37.8. The summed E-state index contributed by atoms with van der Waals surface area (Å²) in [5, 5.41) is 2.33. The van der Waals surface area contributed by atoms with E-state index in [1.807, 2.05) is 12.1 Å². The molecule has 2 heterocycles. The zero-order valence-corrected chi connectivity index (χ0v) is 15.4. The number of nitrogens with two attached hydrogens (primary N) is 1. The number of amides is 3. The average molecular weight is 367 g/mol. The Bertz CT molecular complexity index is 832. The van der Waals surface area contributed by atoms with E-state index in [-0.39, 0.29) is 30.2 Å². The molecular formula is C21H25N3O3. The highest BCUT2D eigenvalue weighted by Gasteiger charge is 2.39. The number of nitrogens with one attached hydrogen (secondary N) is 1. The van der Waals surface area contributed by atoms with Crippen LogP contribution < -0.4 is 11.1 Å². The lowest BCUT2D eigenvalue weighted by Gasteiger charge is -2.30. The monoisotopic (exact) mass is 367 g/mol. The maximum Gasteiger partial charge on any atom is 0.255 e. The van der Waals surface area contributed by atoms with Gasteiger partial charge in [0.1, 0.15) is 6.04 Å². The molecule has 0 spiro atoms. The molecule has 1 saturated carbocycles. The van der Waals surface area contributed by atoms with Crippen molar-refractivity contribution < 1.29 is 14.4 Å². The number of benzene rings is 1. The predicted molar refractivity (Wildman–Crippen MR) is 101 cm³/mol. The lowest BCUT2D eigenvalue weighted by Crippen LogP contribution is -2.52. The van der Waals surface area contributed by atoms with Gasteiger partial charge >= 0.3 is 0 Å². The van der Waals surface area contributed by atoms with Gasteiger partial charge in [0.15, 0.2) is 0 Å². The number of carbonyl (C=O) groups is 3. The van der Waals surface area contributed by atoms with E-state index in [9.17, 15) is 14.4 Å². The van der Waals surface area contributed by atoms with Gasteiger partial charge in [-0.15, -0.1) is 0 Å². The van der Waals surface area contributed by atoms with Gasteiger partial charge in [0.05, 0.1) is 0 Å². The number of carbonyl (C=O) groups excluding carboxylic acids is 3. The van der Waals surface area contributed by atoms with Gasteiger partial charge in [0.25, 0.3) is 5.91 Å². The second-order valence-corrected chi connectivity index (χ2v) is 8.01. The van der Waals surface area contributed by atoms with Gasteiger partial charge in [0.2, 0.25) is 11.8 Å². The summed E-state index contributed by atoms with van der Waals surface area (Å²) < 4.78 is 0. The third-order valence-electron chi connectivity index (χ3n) is 6.07. The Morgan fingerprint density at radius 1 is 1.19 bits per heavy atom. The number of allylic oxidation sites excluding steroid dienone is 1. The molecule has 1 aliphatic carbocycles. The molecule has 1 unspecified atom stereocenters. The Hall–Kier alpha value is -2.47. The molecule has 1 saturated heterocycles. The molecular weight excluding hydrogens is 342 g/mol. The molecule has 3 amide bonds.